The van der Waals surface area contributed by atoms with Crippen molar-refractivity contribution in [2.75, 3.05) is 0 Å². The molecule has 0 radical (unpaired) electrons. The highest BCUT2D eigenvalue weighted by atomic mass is 35.5. The van der Waals surface area contributed by atoms with Crippen LogP contribution in [-0.4, -0.2) is 14.5 Å². The lowest BCUT2D eigenvalue weighted by Gasteiger charge is -2.20. The van der Waals surface area contributed by atoms with E-state index in [2.05, 4.69) is 57.9 Å². The maximum atomic E-state index is 12.4. The fourth-order valence-corrected chi connectivity index (χ4v) is 4.47. The van der Waals surface area contributed by atoms with Gasteiger partial charge in [0, 0.05) is 40.9 Å². The third-order valence-electron chi connectivity index (χ3n) is 5.90. The first-order valence-electron chi connectivity index (χ1n) is 10.5. The Hall–Kier alpha value is -3.63. The van der Waals surface area contributed by atoms with E-state index in [0.29, 0.717) is 5.02 Å². The molecule has 5 rings (SSSR count). The zero-order valence-corrected chi connectivity index (χ0v) is 18.6. The maximum Gasteiger partial charge on any atom is 0.249 e. The number of rotatable bonds is 4. The van der Waals surface area contributed by atoms with E-state index in [0.717, 1.165) is 33.3 Å². The number of benzene rings is 3. The number of aromatic amines is 1. The van der Waals surface area contributed by atoms with Gasteiger partial charge in [0.15, 0.2) is 0 Å². The number of H-pyrrole nitrogens is 1. The van der Waals surface area contributed by atoms with E-state index in [1.807, 2.05) is 49.9 Å². The number of hydrogen-bond acceptors (Lipinski definition) is 2. The standard InChI is InChI=1S/C27H22ClN3O/c1-17-6-8-18(9-7-17)27(25-15-29-16-31(25)2)20-10-11-24-23(13-20)22(14-26(32)30-24)19-4-3-5-21(28)12-19/h3-16,27H,1-2H3,(H,30,32)/t27-/m1/s1. The van der Waals surface area contributed by atoms with Gasteiger partial charge in [0.25, 0.3) is 0 Å². The average molecular weight is 440 g/mol. The zero-order chi connectivity index (χ0) is 22.2. The van der Waals surface area contributed by atoms with Crippen molar-refractivity contribution in [1.29, 1.82) is 0 Å². The molecule has 0 aliphatic carbocycles. The van der Waals surface area contributed by atoms with Gasteiger partial charge >= 0.3 is 0 Å². The number of nitrogens with zero attached hydrogens (tertiary/aromatic N) is 2. The molecule has 32 heavy (non-hydrogen) atoms. The van der Waals surface area contributed by atoms with Gasteiger partial charge in [-0.2, -0.15) is 0 Å². The molecular weight excluding hydrogens is 418 g/mol. The van der Waals surface area contributed by atoms with E-state index < -0.39 is 0 Å². The number of nitrogens with one attached hydrogen (secondary N) is 1. The first kappa shape index (κ1) is 20.3. The molecule has 0 spiro atoms. The monoisotopic (exact) mass is 439 g/mol. The summed E-state index contributed by atoms with van der Waals surface area (Å²) in [6.07, 6.45) is 3.74. The van der Waals surface area contributed by atoms with E-state index in [1.54, 1.807) is 6.07 Å². The van der Waals surface area contributed by atoms with Crippen LogP contribution in [0.3, 0.4) is 0 Å². The minimum Gasteiger partial charge on any atom is -0.337 e. The molecule has 0 saturated carbocycles. The molecule has 2 heterocycles. The molecule has 0 aliphatic heterocycles. The minimum absolute atomic E-state index is 0.00615. The molecule has 0 saturated heterocycles. The lowest BCUT2D eigenvalue weighted by atomic mass is 9.86. The molecule has 0 amide bonds. The number of aromatic nitrogens is 3. The quantitative estimate of drug-likeness (QED) is 0.369. The molecule has 2 aromatic heterocycles. The Bertz CT molecular complexity index is 1480. The van der Waals surface area contributed by atoms with Gasteiger partial charge in [-0.3, -0.25) is 4.79 Å². The molecule has 0 unspecified atom stereocenters. The van der Waals surface area contributed by atoms with Gasteiger partial charge in [-0.1, -0.05) is 59.6 Å². The van der Waals surface area contributed by atoms with Crippen molar-refractivity contribution in [3.05, 3.63) is 123 Å². The SMILES string of the molecule is Cc1ccc([C@H](c2ccc3[nH]c(=O)cc(-c4cccc(Cl)c4)c3c2)c2cncn2C)cc1. The predicted octanol–water partition coefficient (Wildman–Crippen LogP) is 6.07. The second kappa shape index (κ2) is 8.13. The lowest BCUT2D eigenvalue weighted by molar-refractivity contribution is 0.793. The van der Waals surface area contributed by atoms with Crippen LogP contribution in [0.1, 0.15) is 28.3 Å². The molecule has 5 heteroatoms. The second-order valence-corrected chi connectivity index (χ2v) is 8.57. The number of halogens is 1. The van der Waals surface area contributed by atoms with Crippen LogP contribution in [0.25, 0.3) is 22.0 Å². The predicted molar refractivity (Wildman–Crippen MR) is 130 cm³/mol. The molecule has 1 atom stereocenters. The van der Waals surface area contributed by atoms with Gasteiger partial charge in [0.05, 0.1) is 12.2 Å². The van der Waals surface area contributed by atoms with Crippen molar-refractivity contribution in [3.8, 4) is 11.1 Å². The average Bonchev–Trinajstić information content (AvgIpc) is 3.20. The number of fused-ring (bicyclic) bond motifs is 1. The van der Waals surface area contributed by atoms with Crippen LogP contribution in [0.5, 0.6) is 0 Å². The van der Waals surface area contributed by atoms with Crippen molar-refractivity contribution in [2.45, 2.75) is 12.8 Å². The summed E-state index contributed by atoms with van der Waals surface area (Å²) in [6, 6.07) is 24.1. The van der Waals surface area contributed by atoms with Crippen LogP contribution < -0.4 is 5.56 Å². The van der Waals surface area contributed by atoms with Gasteiger partial charge in [-0.25, -0.2) is 4.98 Å². The van der Waals surface area contributed by atoms with Crippen LogP contribution in [0.15, 0.2) is 90.1 Å². The summed E-state index contributed by atoms with van der Waals surface area (Å²) in [4.78, 5) is 19.7. The molecule has 158 valence electrons. The molecule has 0 bridgehead atoms. The van der Waals surface area contributed by atoms with Crippen molar-refractivity contribution < 1.29 is 0 Å². The Balaban J connectivity index is 1.76. The highest BCUT2D eigenvalue weighted by Gasteiger charge is 2.21. The van der Waals surface area contributed by atoms with E-state index in [1.165, 1.54) is 11.1 Å². The molecule has 0 aliphatic rings. The summed E-state index contributed by atoms with van der Waals surface area (Å²) in [6.45, 7) is 2.09. The van der Waals surface area contributed by atoms with E-state index in [-0.39, 0.29) is 11.5 Å². The van der Waals surface area contributed by atoms with Gasteiger partial charge in [-0.05, 0) is 53.4 Å². The van der Waals surface area contributed by atoms with Crippen molar-refractivity contribution in [2.24, 2.45) is 7.05 Å². The van der Waals surface area contributed by atoms with Crippen molar-refractivity contribution in [3.63, 3.8) is 0 Å². The summed E-state index contributed by atoms with van der Waals surface area (Å²) in [5, 5.41) is 1.61. The molecule has 1 N–H and O–H groups in total. The topological polar surface area (TPSA) is 50.7 Å². The fourth-order valence-electron chi connectivity index (χ4n) is 4.28. The van der Waals surface area contributed by atoms with E-state index >= 15 is 0 Å². The Morgan fingerprint density at radius 3 is 2.47 bits per heavy atom. The summed E-state index contributed by atoms with van der Waals surface area (Å²) in [7, 11) is 2.01. The minimum atomic E-state index is -0.137. The van der Waals surface area contributed by atoms with Gasteiger partial charge < -0.3 is 9.55 Å². The molecule has 5 aromatic rings. The summed E-state index contributed by atoms with van der Waals surface area (Å²) < 4.78 is 2.06. The zero-order valence-electron chi connectivity index (χ0n) is 17.8. The van der Waals surface area contributed by atoms with Crippen LogP contribution in [0.4, 0.5) is 0 Å². The van der Waals surface area contributed by atoms with E-state index in [4.69, 9.17) is 11.6 Å². The number of pyridine rings is 1. The van der Waals surface area contributed by atoms with Gasteiger partial charge in [0.1, 0.15) is 0 Å². The van der Waals surface area contributed by atoms with Crippen LogP contribution >= 0.6 is 11.6 Å². The lowest BCUT2D eigenvalue weighted by Crippen LogP contribution is -2.09. The maximum absolute atomic E-state index is 12.4. The molecule has 0 fully saturated rings. The largest absolute Gasteiger partial charge is 0.337 e. The molecule has 4 nitrogen and oxygen atoms in total. The number of hydrogen-bond donors (Lipinski definition) is 1. The first-order valence-corrected chi connectivity index (χ1v) is 10.8. The number of aryl methyl sites for hydroxylation is 2. The first-order chi connectivity index (χ1) is 15.5. The van der Waals surface area contributed by atoms with Crippen molar-refractivity contribution >= 4 is 22.5 Å². The van der Waals surface area contributed by atoms with E-state index in [9.17, 15) is 4.79 Å². The van der Waals surface area contributed by atoms with Crippen LogP contribution in [0, 0.1) is 6.92 Å². The Labute approximate surface area is 191 Å². The Kier molecular flexibility index (Phi) is 5.16. The second-order valence-electron chi connectivity index (χ2n) is 8.14. The highest BCUT2D eigenvalue weighted by molar-refractivity contribution is 6.30. The Morgan fingerprint density at radius 1 is 0.969 bits per heavy atom. The highest BCUT2D eigenvalue weighted by Crippen LogP contribution is 2.35. The van der Waals surface area contributed by atoms with Crippen molar-refractivity contribution in [1.82, 2.24) is 14.5 Å². The summed E-state index contributed by atoms with van der Waals surface area (Å²) >= 11 is 6.25. The fraction of sp³-hybridized carbons (Fsp3) is 0.111. The van der Waals surface area contributed by atoms with Crippen LogP contribution in [-0.2, 0) is 7.05 Å². The van der Waals surface area contributed by atoms with Crippen LogP contribution in [0.2, 0.25) is 5.02 Å². The molecular formula is C27H22ClN3O. The Morgan fingerprint density at radius 2 is 1.75 bits per heavy atom. The third-order valence-corrected chi connectivity index (χ3v) is 6.13. The summed E-state index contributed by atoms with van der Waals surface area (Å²) in [5.74, 6) is 0.00615. The smallest absolute Gasteiger partial charge is 0.249 e. The molecule has 3 aromatic carbocycles. The normalized spacial score (nSPS) is 12.2. The number of imidazole rings is 1. The van der Waals surface area contributed by atoms with Gasteiger partial charge in [-0.15, -0.1) is 0 Å². The third kappa shape index (κ3) is 3.74. The summed E-state index contributed by atoms with van der Waals surface area (Å²) in [5.41, 5.74) is 7.07. The van der Waals surface area contributed by atoms with Gasteiger partial charge in [0.2, 0.25) is 5.56 Å².